The van der Waals surface area contributed by atoms with Crippen molar-refractivity contribution in [2.24, 2.45) is 5.92 Å². The van der Waals surface area contributed by atoms with Crippen LogP contribution >= 0.6 is 0 Å². The fourth-order valence-corrected chi connectivity index (χ4v) is 2.77. The van der Waals surface area contributed by atoms with Gasteiger partial charge in [0.2, 0.25) is 11.9 Å². The van der Waals surface area contributed by atoms with Gasteiger partial charge in [0.05, 0.1) is 13.7 Å². The summed E-state index contributed by atoms with van der Waals surface area (Å²) in [5.41, 5.74) is 0. The second-order valence-corrected chi connectivity index (χ2v) is 6.32. The van der Waals surface area contributed by atoms with Gasteiger partial charge in [-0.05, 0) is 13.5 Å². The summed E-state index contributed by atoms with van der Waals surface area (Å²) in [7, 11) is 2.95. The van der Waals surface area contributed by atoms with Crippen molar-refractivity contribution < 1.29 is 24.2 Å². The average Bonchev–Trinajstić information content (AvgIpc) is 2.95. The third kappa shape index (κ3) is 4.13. The molecule has 2 atom stereocenters. The fraction of sp³-hybridized carbons (Fsp3) is 0.667. The van der Waals surface area contributed by atoms with Gasteiger partial charge in [0.25, 0.3) is 0 Å². The highest BCUT2D eigenvalue weighted by molar-refractivity contribution is 5.90. The molecule has 2 heterocycles. The van der Waals surface area contributed by atoms with Crippen molar-refractivity contribution in [3.05, 3.63) is 5.82 Å². The van der Waals surface area contributed by atoms with Gasteiger partial charge in [0.15, 0.2) is 6.04 Å². The molecule has 0 aromatic carbocycles. The van der Waals surface area contributed by atoms with E-state index in [-0.39, 0.29) is 24.3 Å². The molecule has 0 saturated carbocycles. The van der Waals surface area contributed by atoms with Gasteiger partial charge in [-0.3, -0.25) is 19.8 Å². The van der Waals surface area contributed by atoms with Crippen LogP contribution in [0.5, 0.6) is 0 Å². The normalized spacial score (nSPS) is 19.6. The number of ether oxygens (including phenoxy) is 1. The first-order chi connectivity index (χ1) is 11.7. The predicted molar refractivity (Wildman–Crippen MR) is 86.9 cm³/mol. The molecule has 0 saturated heterocycles. The first-order valence-electron chi connectivity index (χ1n) is 8.00. The Morgan fingerprint density at radius 1 is 1.44 bits per heavy atom. The van der Waals surface area contributed by atoms with E-state index >= 15 is 0 Å². The molecule has 25 heavy (non-hydrogen) atoms. The number of carboxylic acids is 1. The number of amides is 1. The Bertz CT molecular complexity index is 671. The van der Waals surface area contributed by atoms with Crippen molar-refractivity contribution >= 4 is 23.8 Å². The van der Waals surface area contributed by atoms with Gasteiger partial charge in [-0.15, -0.1) is 5.10 Å². The number of esters is 1. The van der Waals surface area contributed by atoms with Crippen molar-refractivity contribution in [2.75, 3.05) is 26.0 Å². The minimum Gasteiger partial charge on any atom is -0.480 e. The van der Waals surface area contributed by atoms with E-state index in [4.69, 9.17) is 0 Å². The third-order valence-electron chi connectivity index (χ3n) is 4.18. The number of nitrogens with zero attached hydrogens (tertiary/aromatic N) is 4. The number of carbonyl (C=O) groups is 3. The molecule has 1 aliphatic rings. The number of aryl methyl sites for hydroxylation is 1. The highest BCUT2D eigenvalue weighted by Crippen LogP contribution is 2.28. The molecular formula is C15H23N5O5. The lowest BCUT2D eigenvalue weighted by molar-refractivity contribution is -0.148. The molecule has 10 nitrogen and oxygen atoms in total. The number of nitrogens with one attached hydrogen (secondary N) is 1. The quantitative estimate of drug-likeness (QED) is 0.680. The molecule has 0 fully saturated rings. The summed E-state index contributed by atoms with van der Waals surface area (Å²) in [6.45, 7) is 3.46. The van der Waals surface area contributed by atoms with Crippen LogP contribution in [0.1, 0.15) is 32.1 Å². The molecule has 2 unspecified atom stereocenters. The molecule has 138 valence electrons. The lowest BCUT2D eigenvalue weighted by Gasteiger charge is -2.35. The van der Waals surface area contributed by atoms with Crippen LogP contribution in [0.2, 0.25) is 0 Å². The molecule has 2 rings (SSSR count). The number of methoxy groups -OCH3 is 1. The lowest BCUT2D eigenvalue weighted by Crippen LogP contribution is -2.48. The number of carbonyl (C=O) groups excluding carboxylic acids is 2. The second kappa shape index (κ2) is 7.60. The molecule has 0 aliphatic carbocycles. The van der Waals surface area contributed by atoms with Crippen LogP contribution in [0.3, 0.4) is 0 Å². The Labute approximate surface area is 145 Å². The van der Waals surface area contributed by atoms with Crippen LogP contribution in [-0.4, -0.2) is 69.4 Å². The Morgan fingerprint density at radius 3 is 2.68 bits per heavy atom. The lowest BCUT2D eigenvalue weighted by atomic mass is 9.97. The van der Waals surface area contributed by atoms with Gasteiger partial charge in [0, 0.05) is 18.4 Å². The Balaban J connectivity index is 2.25. The van der Waals surface area contributed by atoms with Gasteiger partial charge >= 0.3 is 11.9 Å². The van der Waals surface area contributed by atoms with Crippen LogP contribution in [0.15, 0.2) is 0 Å². The van der Waals surface area contributed by atoms with E-state index in [1.54, 1.807) is 25.8 Å². The van der Waals surface area contributed by atoms with Crippen molar-refractivity contribution in [1.82, 2.24) is 19.7 Å². The predicted octanol–water partition coefficient (Wildman–Crippen LogP) is -0.0821. The summed E-state index contributed by atoms with van der Waals surface area (Å²) < 4.78 is 5.96. The van der Waals surface area contributed by atoms with Crippen LogP contribution < -0.4 is 5.32 Å². The maximum Gasteiger partial charge on any atom is 0.330 e. The fourth-order valence-electron chi connectivity index (χ4n) is 2.77. The van der Waals surface area contributed by atoms with Crippen LogP contribution in [0.4, 0.5) is 5.95 Å². The maximum absolute atomic E-state index is 11.8. The topological polar surface area (TPSA) is 127 Å². The monoisotopic (exact) mass is 353 g/mol. The number of hydrogen-bond acceptors (Lipinski definition) is 7. The van der Waals surface area contributed by atoms with E-state index in [0.717, 1.165) is 0 Å². The first-order valence-corrected chi connectivity index (χ1v) is 8.00. The van der Waals surface area contributed by atoms with Crippen molar-refractivity contribution in [1.29, 1.82) is 0 Å². The van der Waals surface area contributed by atoms with E-state index in [1.165, 1.54) is 11.8 Å². The van der Waals surface area contributed by atoms with E-state index in [9.17, 15) is 19.5 Å². The van der Waals surface area contributed by atoms with Gasteiger partial charge < -0.3 is 9.84 Å². The molecule has 10 heteroatoms. The smallest absolute Gasteiger partial charge is 0.330 e. The van der Waals surface area contributed by atoms with Gasteiger partial charge in [0.1, 0.15) is 5.82 Å². The number of carboxylic acid groups (broad SMARTS) is 1. The molecule has 0 spiro atoms. The number of likely N-dealkylation sites (N-methyl/N-ethyl adjacent to an activating group) is 1. The van der Waals surface area contributed by atoms with Gasteiger partial charge in [-0.1, -0.05) is 13.8 Å². The summed E-state index contributed by atoms with van der Waals surface area (Å²) in [4.78, 5) is 40.9. The number of hydrogen-bond donors (Lipinski definition) is 2. The van der Waals surface area contributed by atoms with E-state index in [1.807, 2.05) is 0 Å². The van der Waals surface area contributed by atoms with Crippen LogP contribution in [-0.2, 0) is 25.5 Å². The minimum atomic E-state index is -1.07. The largest absolute Gasteiger partial charge is 0.480 e. The van der Waals surface area contributed by atoms with E-state index in [0.29, 0.717) is 18.7 Å². The number of fused-ring (bicyclic) bond motifs is 1. The highest BCUT2D eigenvalue weighted by Gasteiger charge is 2.39. The first kappa shape index (κ1) is 18.8. The van der Waals surface area contributed by atoms with Crippen LogP contribution in [0.25, 0.3) is 0 Å². The minimum absolute atomic E-state index is 0.0219. The zero-order valence-corrected chi connectivity index (χ0v) is 14.7. The summed E-state index contributed by atoms with van der Waals surface area (Å²) in [5, 5.41) is 16.4. The average molecular weight is 353 g/mol. The number of anilines is 1. The van der Waals surface area contributed by atoms with Crippen LogP contribution in [0, 0.1) is 5.92 Å². The molecule has 1 aliphatic heterocycles. The zero-order valence-electron chi connectivity index (χ0n) is 14.7. The number of aliphatic carboxylic acids is 1. The van der Waals surface area contributed by atoms with Crippen molar-refractivity contribution in [3.63, 3.8) is 0 Å². The Morgan fingerprint density at radius 2 is 2.12 bits per heavy atom. The maximum atomic E-state index is 11.8. The van der Waals surface area contributed by atoms with Crippen molar-refractivity contribution in [2.45, 2.75) is 38.8 Å². The van der Waals surface area contributed by atoms with E-state index < -0.39 is 24.0 Å². The Hall–Kier alpha value is -2.49. The van der Waals surface area contributed by atoms with Crippen molar-refractivity contribution in [3.8, 4) is 0 Å². The molecule has 1 amide bonds. The molecule has 0 bridgehead atoms. The molecule has 0 radical (unpaired) electrons. The summed E-state index contributed by atoms with van der Waals surface area (Å²) >= 11 is 0. The highest BCUT2D eigenvalue weighted by atomic mass is 16.5. The molecule has 1 aromatic rings. The summed E-state index contributed by atoms with van der Waals surface area (Å²) in [5.74, 6) is -1.41. The number of aromatic nitrogens is 3. The van der Waals surface area contributed by atoms with Gasteiger partial charge in [-0.25, -0.2) is 9.48 Å². The zero-order chi connectivity index (χ0) is 18.7. The molecular weight excluding hydrogens is 330 g/mol. The standard InChI is InChI=1S/C15H23N5O5/c1-8(2)13(22)17-15-16-10-6-5-9(19(3)7-11(21)25-4)12(14(23)24)20(10)18-15/h8-9,12H,5-7H2,1-4H3,(H,23,24)(H,17,18,22). The molecule has 2 N–H and O–H groups in total. The SMILES string of the molecule is COC(=O)CN(C)C1CCc2nc(NC(=O)C(C)C)nn2C1C(=O)O. The third-order valence-corrected chi connectivity index (χ3v) is 4.18. The number of rotatable bonds is 6. The molecule has 1 aromatic heterocycles. The summed E-state index contributed by atoms with van der Waals surface area (Å²) in [6.07, 6.45) is 0.991. The van der Waals surface area contributed by atoms with E-state index in [2.05, 4.69) is 20.1 Å². The Kier molecular flexibility index (Phi) is 5.73. The van der Waals surface area contributed by atoms with Gasteiger partial charge in [-0.2, -0.15) is 4.98 Å². The summed E-state index contributed by atoms with van der Waals surface area (Å²) in [6, 6.07) is -1.45. The second-order valence-electron chi connectivity index (χ2n) is 6.32.